The van der Waals surface area contributed by atoms with Gasteiger partial charge in [-0.2, -0.15) is 5.26 Å². The van der Waals surface area contributed by atoms with Gasteiger partial charge in [0.25, 0.3) is 0 Å². The molecule has 0 radical (unpaired) electrons. The number of nitriles is 1. The van der Waals surface area contributed by atoms with Crippen LogP contribution in [0, 0.1) is 11.3 Å². The molecule has 4 heteroatoms. The molecule has 16 heavy (non-hydrogen) atoms. The third-order valence-corrected chi connectivity index (χ3v) is 2.80. The molecule has 0 aliphatic rings. The van der Waals surface area contributed by atoms with Gasteiger partial charge in [0.15, 0.2) is 0 Å². The molecule has 0 N–H and O–H groups in total. The van der Waals surface area contributed by atoms with Gasteiger partial charge in [-0.1, -0.05) is 6.92 Å². The Balaban J connectivity index is 3.21. The van der Waals surface area contributed by atoms with Gasteiger partial charge in [-0.15, -0.1) is 0 Å². The van der Waals surface area contributed by atoms with Crippen LogP contribution in [0.4, 0.5) is 0 Å². The molecule has 0 atom stereocenters. The molecule has 0 aliphatic carbocycles. The summed E-state index contributed by atoms with van der Waals surface area (Å²) in [5.41, 5.74) is 1.90. The Morgan fingerprint density at radius 3 is 2.69 bits per heavy atom. The fourth-order valence-corrected chi connectivity index (χ4v) is 1.99. The summed E-state index contributed by atoms with van der Waals surface area (Å²) in [5, 5.41) is 8.97. The highest BCUT2D eigenvalue weighted by Crippen LogP contribution is 2.23. The van der Waals surface area contributed by atoms with E-state index in [-0.39, 0.29) is 5.97 Å². The first kappa shape index (κ1) is 12.7. The topological polar surface area (TPSA) is 50.1 Å². The quantitative estimate of drug-likeness (QED) is 0.800. The van der Waals surface area contributed by atoms with Gasteiger partial charge in [0.05, 0.1) is 17.7 Å². The summed E-state index contributed by atoms with van der Waals surface area (Å²) in [6.45, 7) is 4.05. The van der Waals surface area contributed by atoms with E-state index in [2.05, 4.69) is 22.0 Å². The second-order valence-corrected chi connectivity index (χ2v) is 4.03. The molecule has 1 aromatic rings. The third-order valence-electron chi connectivity index (χ3n) is 2.18. The Kier molecular flexibility index (Phi) is 4.51. The van der Waals surface area contributed by atoms with Gasteiger partial charge < -0.3 is 4.74 Å². The maximum Gasteiger partial charge on any atom is 0.338 e. The Morgan fingerprint density at radius 1 is 1.50 bits per heavy atom. The third kappa shape index (κ3) is 2.61. The summed E-state index contributed by atoms with van der Waals surface area (Å²) >= 11 is 3.29. The molecule has 0 bridgehead atoms. The number of hydrogen-bond acceptors (Lipinski definition) is 3. The van der Waals surface area contributed by atoms with Gasteiger partial charge in [-0.05, 0) is 47.0 Å². The minimum absolute atomic E-state index is 0.345. The molecule has 0 heterocycles. The summed E-state index contributed by atoms with van der Waals surface area (Å²) in [6, 6.07) is 5.44. The van der Waals surface area contributed by atoms with Crippen LogP contribution in [0.15, 0.2) is 16.6 Å². The molecular formula is C12H12BrNO2. The van der Waals surface area contributed by atoms with Gasteiger partial charge in [0.1, 0.15) is 6.07 Å². The van der Waals surface area contributed by atoms with Crippen LogP contribution >= 0.6 is 15.9 Å². The lowest BCUT2D eigenvalue weighted by molar-refractivity contribution is 0.0526. The first-order valence-corrected chi connectivity index (χ1v) is 5.82. The second kappa shape index (κ2) is 5.66. The van der Waals surface area contributed by atoms with Crippen molar-refractivity contribution in [2.75, 3.05) is 6.61 Å². The molecule has 84 valence electrons. The Morgan fingerprint density at radius 2 is 2.19 bits per heavy atom. The molecule has 0 amide bonds. The maximum atomic E-state index is 11.5. The number of carbonyl (C=O) groups is 1. The van der Waals surface area contributed by atoms with Crippen LogP contribution < -0.4 is 0 Å². The molecule has 1 aromatic carbocycles. The van der Waals surface area contributed by atoms with Crippen molar-refractivity contribution in [3.8, 4) is 6.07 Å². The normalized spacial score (nSPS) is 9.62. The van der Waals surface area contributed by atoms with Crippen LogP contribution in [0.25, 0.3) is 0 Å². The van der Waals surface area contributed by atoms with E-state index in [9.17, 15) is 4.79 Å². The van der Waals surface area contributed by atoms with Crippen molar-refractivity contribution in [1.82, 2.24) is 0 Å². The number of carbonyl (C=O) groups excluding carboxylic acids is 1. The van der Waals surface area contributed by atoms with Crippen molar-refractivity contribution in [3.63, 3.8) is 0 Å². The molecule has 0 aromatic heterocycles. The van der Waals surface area contributed by atoms with E-state index in [1.807, 2.05) is 6.92 Å². The van der Waals surface area contributed by atoms with Crippen molar-refractivity contribution < 1.29 is 9.53 Å². The zero-order valence-electron chi connectivity index (χ0n) is 9.21. The summed E-state index contributed by atoms with van der Waals surface area (Å²) in [7, 11) is 0. The number of aryl methyl sites for hydroxylation is 1. The lowest BCUT2D eigenvalue weighted by atomic mass is 10.0. The molecular weight excluding hydrogens is 270 g/mol. The minimum atomic E-state index is -0.359. The highest BCUT2D eigenvalue weighted by Gasteiger charge is 2.13. The van der Waals surface area contributed by atoms with E-state index in [0.29, 0.717) is 28.6 Å². The molecule has 0 saturated carbocycles. The average molecular weight is 282 g/mol. The van der Waals surface area contributed by atoms with Crippen LogP contribution in [0.3, 0.4) is 0 Å². The fourth-order valence-electron chi connectivity index (χ4n) is 1.40. The van der Waals surface area contributed by atoms with Crippen LogP contribution in [-0.4, -0.2) is 12.6 Å². The van der Waals surface area contributed by atoms with E-state index in [4.69, 9.17) is 10.00 Å². The first-order valence-electron chi connectivity index (χ1n) is 5.03. The average Bonchev–Trinajstić information content (AvgIpc) is 2.28. The molecule has 0 unspecified atom stereocenters. The molecule has 3 nitrogen and oxygen atoms in total. The molecule has 0 fully saturated rings. The van der Waals surface area contributed by atoms with Gasteiger partial charge >= 0.3 is 5.97 Å². The number of rotatable bonds is 3. The molecule has 0 spiro atoms. The number of hydrogen-bond donors (Lipinski definition) is 0. The Labute approximate surface area is 103 Å². The number of ether oxygens (including phenoxy) is 1. The smallest absolute Gasteiger partial charge is 0.338 e. The van der Waals surface area contributed by atoms with E-state index in [1.165, 1.54) is 0 Å². The van der Waals surface area contributed by atoms with Crippen LogP contribution in [0.5, 0.6) is 0 Å². The minimum Gasteiger partial charge on any atom is -0.462 e. The predicted molar refractivity (Wildman–Crippen MR) is 64.2 cm³/mol. The number of halogens is 1. The van der Waals surface area contributed by atoms with Crippen LogP contribution in [0.2, 0.25) is 0 Å². The number of esters is 1. The largest absolute Gasteiger partial charge is 0.462 e. The van der Waals surface area contributed by atoms with Crippen LogP contribution in [0.1, 0.15) is 35.3 Å². The summed E-state index contributed by atoms with van der Waals surface area (Å²) in [5.74, 6) is -0.359. The second-order valence-electron chi connectivity index (χ2n) is 3.18. The summed E-state index contributed by atoms with van der Waals surface area (Å²) < 4.78 is 5.55. The number of nitrogens with zero attached hydrogens (tertiary/aromatic N) is 1. The van der Waals surface area contributed by atoms with Gasteiger partial charge in [0.2, 0.25) is 0 Å². The van der Waals surface area contributed by atoms with Gasteiger partial charge in [0, 0.05) is 4.47 Å². The molecule has 0 aliphatic heterocycles. The first-order chi connectivity index (χ1) is 7.63. The van der Waals surface area contributed by atoms with E-state index in [0.717, 1.165) is 5.56 Å². The SMILES string of the molecule is CCOC(=O)c1cc(Br)c(C#N)c(CC)c1. The van der Waals surface area contributed by atoms with E-state index >= 15 is 0 Å². The Hall–Kier alpha value is -1.34. The predicted octanol–water partition coefficient (Wildman–Crippen LogP) is 3.06. The van der Waals surface area contributed by atoms with Crippen molar-refractivity contribution in [1.29, 1.82) is 5.26 Å². The van der Waals surface area contributed by atoms with E-state index < -0.39 is 0 Å². The zero-order valence-corrected chi connectivity index (χ0v) is 10.8. The number of benzene rings is 1. The van der Waals surface area contributed by atoms with Crippen LogP contribution in [-0.2, 0) is 11.2 Å². The summed E-state index contributed by atoms with van der Waals surface area (Å²) in [6.07, 6.45) is 0.703. The van der Waals surface area contributed by atoms with Crippen molar-refractivity contribution in [2.45, 2.75) is 20.3 Å². The van der Waals surface area contributed by atoms with Gasteiger partial charge in [-0.3, -0.25) is 0 Å². The van der Waals surface area contributed by atoms with Crippen molar-refractivity contribution >= 4 is 21.9 Å². The highest BCUT2D eigenvalue weighted by atomic mass is 79.9. The van der Waals surface area contributed by atoms with Gasteiger partial charge in [-0.25, -0.2) is 4.79 Å². The lowest BCUT2D eigenvalue weighted by Crippen LogP contribution is -2.06. The standard InChI is InChI=1S/C12H12BrNO2/c1-3-8-5-9(12(15)16-4-2)6-11(13)10(8)7-14/h5-6H,3-4H2,1-2H3. The zero-order chi connectivity index (χ0) is 12.1. The van der Waals surface area contributed by atoms with Crippen molar-refractivity contribution in [2.24, 2.45) is 0 Å². The Bertz CT molecular complexity index is 449. The van der Waals surface area contributed by atoms with Crippen molar-refractivity contribution in [3.05, 3.63) is 33.3 Å². The lowest BCUT2D eigenvalue weighted by Gasteiger charge is -2.07. The maximum absolute atomic E-state index is 11.5. The highest BCUT2D eigenvalue weighted by molar-refractivity contribution is 9.10. The molecule has 1 rings (SSSR count). The monoisotopic (exact) mass is 281 g/mol. The molecule has 0 saturated heterocycles. The fraction of sp³-hybridized carbons (Fsp3) is 0.333. The summed E-state index contributed by atoms with van der Waals surface area (Å²) in [4.78, 5) is 11.5. The van der Waals surface area contributed by atoms with E-state index in [1.54, 1.807) is 19.1 Å².